The molecule has 0 aromatic carbocycles. The van der Waals surface area contributed by atoms with E-state index in [1.807, 2.05) is 4.90 Å². The van der Waals surface area contributed by atoms with Gasteiger partial charge in [-0.05, 0) is 6.42 Å². The summed E-state index contributed by atoms with van der Waals surface area (Å²) in [6, 6.07) is 0. The predicted molar refractivity (Wildman–Crippen MR) is 79.1 cm³/mol. The lowest BCUT2D eigenvalue weighted by Gasteiger charge is -2.32. The lowest BCUT2D eigenvalue weighted by Crippen LogP contribution is -2.46. The van der Waals surface area contributed by atoms with Gasteiger partial charge in [-0.3, -0.25) is 9.59 Å². The highest BCUT2D eigenvalue weighted by atomic mass is 16.1. The predicted octanol–water partition coefficient (Wildman–Crippen LogP) is 0.285. The van der Waals surface area contributed by atoms with Crippen LogP contribution in [-0.2, 0) is 4.79 Å². The molecule has 1 fully saturated rings. The van der Waals surface area contributed by atoms with Crippen LogP contribution in [0.2, 0.25) is 0 Å². The van der Waals surface area contributed by atoms with Gasteiger partial charge in [0.1, 0.15) is 0 Å². The van der Waals surface area contributed by atoms with Crippen molar-refractivity contribution < 1.29 is 9.59 Å². The number of anilines is 1. The summed E-state index contributed by atoms with van der Waals surface area (Å²) in [5.74, 6) is 0.464. The average molecular weight is 291 g/mol. The molecule has 0 aliphatic carbocycles. The van der Waals surface area contributed by atoms with Gasteiger partial charge in [0.2, 0.25) is 12.4 Å². The van der Waals surface area contributed by atoms with Crippen molar-refractivity contribution in [2.75, 3.05) is 37.6 Å². The molecular weight excluding hydrogens is 270 g/mol. The summed E-state index contributed by atoms with van der Waals surface area (Å²) in [6.07, 6.45) is 5.97. The zero-order valence-electron chi connectivity index (χ0n) is 12.3. The number of aromatic nitrogens is 2. The van der Waals surface area contributed by atoms with Gasteiger partial charge in [0.25, 0.3) is 5.91 Å². The Balaban J connectivity index is 1.90. The SMILES string of the molecule is CCCCNC(=O)c1cnc(N2CCN(C=O)CC2)nc1. The Labute approximate surface area is 124 Å². The molecular formula is C14H21N5O2. The Morgan fingerprint density at radius 3 is 2.52 bits per heavy atom. The van der Waals surface area contributed by atoms with Crippen LogP contribution in [0.25, 0.3) is 0 Å². The molecule has 0 spiro atoms. The number of amides is 2. The molecule has 1 aliphatic heterocycles. The molecule has 2 amide bonds. The van der Waals surface area contributed by atoms with E-state index in [1.54, 1.807) is 17.3 Å². The van der Waals surface area contributed by atoms with Crippen molar-refractivity contribution in [3.63, 3.8) is 0 Å². The third kappa shape index (κ3) is 4.14. The second kappa shape index (κ2) is 7.56. The highest BCUT2D eigenvalue weighted by Crippen LogP contribution is 2.10. The quantitative estimate of drug-likeness (QED) is 0.602. The van der Waals surface area contributed by atoms with Gasteiger partial charge in [0, 0.05) is 45.1 Å². The van der Waals surface area contributed by atoms with E-state index in [1.165, 1.54) is 0 Å². The van der Waals surface area contributed by atoms with Crippen LogP contribution >= 0.6 is 0 Å². The van der Waals surface area contributed by atoms with Crippen LogP contribution in [0.1, 0.15) is 30.1 Å². The van der Waals surface area contributed by atoms with Gasteiger partial charge in [0.05, 0.1) is 5.56 Å². The molecule has 7 heteroatoms. The van der Waals surface area contributed by atoms with Crippen LogP contribution in [0.4, 0.5) is 5.95 Å². The van der Waals surface area contributed by atoms with Crippen molar-refractivity contribution in [1.29, 1.82) is 0 Å². The molecule has 1 aromatic rings. The fourth-order valence-electron chi connectivity index (χ4n) is 2.11. The maximum atomic E-state index is 11.8. The standard InChI is InChI=1S/C14H21N5O2/c1-2-3-4-15-13(21)12-9-16-14(17-10-12)19-7-5-18(11-20)6-8-19/h9-11H,2-8H2,1H3,(H,15,21). The van der Waals surface area contributed by atoms with E-state index in [-0.39, 0.29) is 5.91 Å². The first-order valence-corrected chi connectivity index (χ1v) is 7.29. The smallest absolute Gasteiger partial charge is 0.254 e. The van der Waals surface area contributed by atoms with Crippen molar-refractivity contribution in [1.82, 2.24) is 20.2 Å². The minimum atomic E-state index is -0.138. The lowest BCUT2D eigenvalue weighted by atomic mass is 10.3. The van der Waals surface area contributed by atoms with E-state index in [2.05, 4.69) is 22.2 Å². The molecule has 2 rings (SSSR count). The van der Waals surface area contributed by atoms with Gasteiger partial charge in [-0.2, -0.15) is 0 Å². The summed E-state index contributed by atoms with van der Waals surface area (Å²) in [5.41, 5.74) is 0.474. The number of hydrogen-bond acceptors (Lipinski definition) is 5. The second-order valence-electron chi connectivity index (χ2n) is 5.01. The number of carbonyl (C=O) groups is 2. The Morgan fingerprint density at radius 2 is 1.95 bits per heavy atom. The van der Waals surface area contributed by atoms with E-state index >= 15 is 0 Å². The highest BCUT2D eigenvalue weighted by molar-refractivity contribution is 5.93. The van der Waals surface area contributed by atoms with Crippen LogP contribution in [0, 0.1) is 0 Å². The number of unbranched alkanes of at least 4 members (excludes halogenated alkanes) is 1. The zero-order valence-corrected chi connectivity index (χ0v) is 12.3. The van der Waals surface area contributed by atoms with E-state index < -0.39 is 0 Å². The van der Waals surface area contributed by atoms with Crippen LogP contribution in [-0.4, -0.2) is 59.9 Å². The summed E-state index contributed by atoms with van der Waals surface area (Å²) in [4.78, 5) is 34.7. The molecule has 1 aromatic heterocycles. The molecule has 1 saturated heterocycles. The van der Waals surface area contributed by atoms with Gasteiger partial charge >= 0.3 is 0 Å². The Bertz CT molecular complexity index is 469. The van der Waals surface area contributed by atoms with Crippen molar-refractivity contribution in [2.45, 2.75) is 19.8 Å². The van der Waals surface area contributed by atoms with Crippen molar-refractivity contribution >= 4 is 18.3 Å². The largest absolute Gasteiger partial charge is 0.352 e. The normalized spacial score (nSPS) is 14.9. The number of nitrogens with zero attached hydrogens (tertiary/aromatic N) is 4. The summed E-state index contributed by atoms with van der Waals surface area (Å²) in [5, 5.41) is 2.83. The molecule has 0 bridgehead atoms. The van der Waals surface area contributed by atoms with E-state index in [0.29, 0.717) is 44.2 Å². The molecule has 0 unspecified atom stereocenters. The molecule has 0 saturated carbocycles. The molecule has 1 N–H and O–H groups in total. The minimum Gasteiger partial charge on any atom is -0.352 e. The molecule has 2 heterocycles. The monoisotopic (exact) mass is 291 g/mol. The number of rotatable bonds is 6. The molecule has 0 atom stereocenters. The fraction of sp³-hybridized carbons (Fsp3) is 0.571. The third-order valence-corrected chi connectivity index (χ3v) is 3.46. The Kier molecular flexibility index (Phi) is 5.48. The van der Waals surface area contributed by atoms with Crippen molar-refractivity contribution in [2.24, 2.45) is 0 Å². The van der Waals surface area contributed by atoms with Gasteiger partial charge in [-0.15, -0.1) is 0 Å². The van der Waals surface area contributed by atoms with E-state index in [4.69, 9.17) is 0 Å². The van der Waals surface area contributed by atoms with Gasteiger partial charge in [0.15, 0.2) is 0 Å². The van der Waals surface area contributed by atoms with Crippen LogP contribution in [0.3, 0.4) is 0 Å². The maximum absolute atomic E-state index is 11.8. The third-order valence-electron chi connectivity index (χ3n) is 3.46. The minimum absolute atomic E-state index is 0.138. The summed E-state index contributed by atoms with van der Waals surface area (Å²) >= 11 is 0. The van der Waals surface area contributed by atoms with Crippen LogP contribution < -0.4 is 10.2 Å². The summed E-state index contributed by atoms with van der Waals surface area (Å²) < 4.78 is 0. The first kappa shape index (κ1) is 15.2. The van der Waals surface area contributed by atoms with E-state index in [0.717, 1.165) is 19.3 Å². The topological polar surface area (TPSA) is 78.4 Å². The van der Waals surface area contributed by atoms with Gasteiger partial charge in [-0.1, -0.05) is 13.3 Å². The van der Waals surface area contributed by atoms with Gasteiger partial charge < -0.3 is 15.1 Å². The number of hydrogen-bond donors (Lipinski definition) is 1. The van der Waals surface area contributed by atoms with Crippen molar-refractivity contribution in [3.8, 4) is 0 Å². The Morgan fingerprint density at radius 1 is 1.29 bits per heavy atom. The van der Waals surface area contributed by atoms with Crippen LogP contribution in [0.5, 0.6) is 0 Å². The zero-order chi connectivity index (χ0) is 15.1. The highest BCUT2D eigenvalue weighted by Gasteiger charge is 2.18. The maximum Gasteiger partial charge on any atom is 0.254 e. The first-order valence-electron chi connectivity index (χ1n) is 7.29. The molecule has 7 nitrogen and oxygen atoms in total. The Hall–Kier alpha value is -2.18. The van der Waals surface area contributed by atoms with Gasteiger partial charge in [-0.25, -0.2) is 9.97 Å². The summed E-state index contributed by atoms with van der Waals surface area (Å²) in [6.45, 7) is 5.51. The number of piperazine rings is 1. The average Bonchev–Trinajstić information content (AvgIpc) is 2.55. The lowest BCUT2D eigenvalue weighted by molar-refractivity contribution is -0.118. The first-order chi connectivity index (χ1) is 10.2. The van der Waals surface area contributed by atoms with Crippen molar-refractivity contribution in [3.05, 3.63) is 18.0 Å². The molecule has 1 aliphatic rings. The number of carbonyl (C=O) groups excluding carboxylic acids is 2. The fourth-order valence-corrected chi connectivity index (χ4v) is 2.11. The number of nitrogens with one attached hydrogen (secondary N) is 1. The molecule has 114 valence electrons. The second-order valence-corrected chi connectivity index (χ2v) is 5.01. The van der Waals surface area contributed by atoms with Crippen LogP contribution in [0.15, 0.2) is 12.4 Å². The molecule has 0 radical (unpaired) electrons. The summed E-state index contributed by atoms with van der Waals surface area (Å²) in [7, 11) is 0. The molecule has 21 heavy (non-hydrogen) atoms. The van der Waals surface area contributed by atoms with E-state index in [9.17, 15) is 9.59 Å².